The maximum absolute atomic E-state index is 9.38. The lowest BCUT2D eigenvalue weighted by Gasteiger charge is -2.21. The van der Waals surface area contributed by atoms with Crippen LogP contribution in [-0.2, 0) is 13.0 Å². The van der Waals surface area contributed by atoms with Crippen molar-refractivity contribution in [2.75, 3.05) is 11.9 Å². The number of hydrogen-bond donors (Lipinski definition) is 1. The predicted octanol–water partition coefficient (Wildman–Crippen LogP) is 3.65. The fourth-order valence-corrected chi connectivity index (χ4v) is 3.88. The van der Waals surface area contributed by atoms with Gasteiger partial charge in [-0.1, -0.05) is 55.5 Å². The molecule has 0 spiro atoms. The summed E-state index contributed by atoms with van der Waals surface area (Å²) in [5.74, 6) is 1.46. The van der Waals surface area contributed by atoms with Crippen molar-refractivity contribution in [1.82, 2.24) is 35.2 Å². The van der Waals surface area contributed by atoms with Crippen molar-refractivity contribution in [3.8, 4) is 28.6 Å². The third-order valence-corrected chi connectivity index (χ3v) is 5.58. The Hall–Kier alpha value is -4.58. The van der Waals surface area contributed by atoms with Crippen LogP contribution in [0.4, 0.5) is 5.82 Å². The fraction of sp³-hybridized carbons (Fsp3) is 0.167. The SMILES string of the molecule is CCc1cc(N(C)Cc2ccc(-c3ccccc3-c3nn[nH]n3)cc2)n2ncc(C#N)c2n1. The molecule has 0 fully saturated rings. The molecule has 0 bridgehead atoms. The van der Waals surface area contributed by atoms with Crippen LogP contribution < -0.4 is 4.90 Å². The molecule has 1 N–H and O–H groups in total. The number of nitrogens with one attached hydrogen (secondary N) is 1. The summed E-state index contributed by atoms with van der Waals surface area (Å²) in [6.07, 6.45) is 2.34. The zero-order valence-corrected chi connectivity index (χ0v) is 18.3. The van der Waals surface area contributed by atoms with Crippen LogP contribution in [0.15, 0.2) is 60.8 Å². The summed E-state index contributed by atoms with van der Waals surface area (Å²) in [4.78, 5) is 6.70. The fourth-order valence-electron chi connectivity index (χ4n) is 3.88. The number of tetrazole rings is 1. The minimum absolute atomic E-state index is 0.476. The van der Waals surface area contributed by atoms with Gasteiger partial charge in [0, 0.05) is 30.9 Å². The number of aryl methyl sites for hydroxylation is 1. The van der Waals surface area contributed by atoms with Crippen molar-refractivity contribution in [3.05, 3.63) is 77.6 Å². The second-order valence-corrected chi connectivity index (χ2v) is 7.70. The van der Waals surface area contributed by atoms with Crippen molar-refractivity contribution in [2.45, 2.75) is 19.9 Å². The molecule has 2 aromatic carbocycles. The molecule has 0 amide bonds. The first-order valence-corrected chi connectivity index (χ1v) is 10.6. The number of fused-ring (bicyclic) bond motifs is 1. The van der Waals surface area contributed by atoms with Crippen LogP contribution in [0.5, 0.6) is 0 Å². The Morgan fingerprint density at radius 3 is 2.58 bits per heavy atom. The van der Waals surface area contributed by atoms with Crippen molar-refractivity contribution in [2.24, 2.45) is 0 Å². The van der Waals surface area contributed by atoms with E-state index in [1.807, 2.05) is 31.3 Å². The van der Waals surface area contributed by atoms with Gasteiger partial charge in [0.2, 0.25) is 5.82 Å². The number of nitrogens with zero attached hydrogens (tertiary/aromatic N) is 8. The molecule has 0 radical (unpaired) electrons. The number of rotatable bonds is 6. The summed E-state index contributed by atoms with van der Waals surface area (Å²) >= 11 is 0. The topological polar surface area (TPSA) is 112 Å². The van der Waals surface area contributed by atoms with E-state index in [1.165, 1.54) is 0 Å². The van der Waals surface area contributed by atoms with Crippen molar-refractivity contribution < 1.29 is 0 Å². The normalized spacial score (nSPS) is 10.9. The second kappa shape index (κ2) is 8.51. The molecule has 0 saturated carbocycles. The second-order valence-electron chi connectivity index (χ2n) is 7.70. The van der Waals surface area contributed by atoms with Gasteiger partial charge in [-0.3, -0.25) is 0 Å². The summed E-state index contributed by atoms with van der Waals surface area (Å²) in [7, 11) is 2.02. The Balaban J connectivity index is 1.43. The lowest BCUT2D eigenvalue weighted by Crippen LogP contribution is -2.20. The van der Waals surface area contributed by atoms with Gasteiger partial charge in [-0.25, -0.2) is 4.98 Å². The highest BCUT2D eigenvalue weighted by molar-refractivity contribution is 5.80. The molecule has 9 nitrogen and oxygen atoms in total. The van der Waals surface area contributed by atoms with Crippen LogP contribution in [0.25, 0.3) is 28.2 Å². The van der Waals surface area contributed by atoms with Crippen LogP contribution in [0, 0.1) is 11.3 Å². The first-order valence-electron chi connectivity index (χ1n) is 10.6. The molecule has 0 aliphatic carbocycles. The zero-order chi connectivity index (χ0) is 22.8. The largest absolute Gasteiger partial charge is 0.355 e. The Morgan fingerprint density at radius 2 is 1.88 bits per heavy atom. The number of anilines is 1. The Bertz CT molecular complexity index is 1440. The standard InChI is InChI=1S/C24H21N9/c1-3-19-12-22(33-24(27-19)18(13-25)14-26-33)32(2)15-16-8-10-17(11-9-16)20-6-4-5-7-21(20)23-28-30-31-29-23/h4-12,14H,3,15H2,1-2H3,(H,28,29,30,31). The van der Waals surface area contributed by atoms with Crippen LogP contribution in [-0.4, -0.2) is 42.3 Å². The molecule has 5 rings (SSSR count). The average molecular weight is 435 g/mol. The first-order chi connectivity index (χ1) is 16.2. The van der Waals surface area contributed by atoms with Crippen molar-refractivity contribution in [3.63, 3.8) is 0 Å². The number of nitriles is 1. The van der Waals surface area contributed by atoms with Gasteiger partial charge in [0.25, 0.3) is 0 Å². The quantitative estimate of drug-likeness (QED) is 0.433. The molecule has 0 unspecified atom stereocenters. The molecule has 3 aromatic heterocycles. The maximum Gasteiger partial charge on any atom is 0.205 e. The molecular formula is C24H21N9. The van der Waals surface area contributed by atoms with E-state index in [0.717, 1.165) is 40.2 Å². The Labute approximate surface area is 190 Å². The maximum atomic E-state index is 9.38. The number of aromatic amines is 1. The van der Waals surface area contributed by atoms with Crippen LogP contribution in [0.1, 0.15) is 23.7 Å². The molecule has 33 heavy (non-hydrogen) atoms. The zero-order valence-electron chi connectivity index (χ0n) is 18.3. The van der Waals surface area contributed by atoms with E-state index in [-0.39, 0.29) is 0 Å². The minimum atomic E-state index is 0.476. The molecule has 162 valence electrons. The van der Waals surface area contributed by atoms with E-state index in [0.29, 0.717) is 23.6 Å². The van der Waals surface area contributed by atoms with Gasteiger partial charge in [-0.2, -0.15) is 20.1 Å². The summed E-state index contributed by atoms with van der Waals surface area (Å²) in [5.41, 5.74) is 6.18. The molecular weight excluding hydrogens is 414 g/mol. The lowest BCUT2D eigenvalue weighted by molar-refractivity contribution is 0.822. The molecule has 5 aromatic rings. The van der Waals surface area contributed by atoms with Gasteiger partial charge in [-0.15, -0.1) is 10.2 Å². The third kappa shape index (κ3) is 3.78. The van der Waals surface area contributed by atoms with Gasteiger partial charge in [-0.05, 0) is 28.3 Å². The number of benzene rings is 2. The van der Waals surface area contributed by atoms with Gasteiger partial charge < -0.3 is 4.90 Å². The summed E-state index contributed by atoms with van der Waals surface area (Å²) in [6, 6.07) is 20.6. The highest BCUT2D eigenvalue weighted by Crippen LogP contribution is 2.30. The third-order valence-electron chi connectivity index (χ3n) is 5.58. The van der Waals surface area contributed by atoms with Crippen molar-refractivity contribution in [1.29, 1.82) is 5.26 Å². The summed E-state index contributed by atoms with van der Waals surface area (Å²) in [6.45, 7) is 2.73. The average Bonchev–Trinajstić information content (AvgIpc) is 3.54. The molecule has 3 heterocycles. The summed E-state index contributed by atoms with van der Waals surface area (Å²) < 4.78 is 1.73. The van der Waals surface area contributed by atoms with Crippen LogP contribution in [0.3, 0.4) is 0 Å². The number of aromatic nitrogens is 7. The monoisotopic (exact) mass is 435 g/mol. The Kier molecular flexibility index (Phi) is 5.24. The summed E-state index contributed by atoms with van der Waals surface area (Å²) in [5, 5.41) is 28.2. The highest BCUT2D eigenvalue weighted by atomic mass is 15.5. The molecule has 0 saturated heterocycles. The van der Waals surface area contributed by atoms with Gasteiger partial charge in [0.15, 0.2) is 5.65 Å². The van der Waals surface area contributed by atoms with E-state index in [1.54, 1.807) is 10.7 Å². The number of hydrogen-bond acceptors (Lipinski definition) is 7. The first kappa shape index (κ1) is 20.3. The van der Waals surface area contributed by atoms with Crippen LogP contribution in [0.2, 0.25) is 0 Å². The highest BCUT2D eigenvalue weighted by Gasteiger charge is 2.15. The molecule has 9 heteroatoms. The minimum Gasteiger partial charge on any atom is -0.355 e. The van der Waals surface area contributed by atoms with E-state index in [9.17, 15) is 5.26 Å². The predicted molar refractivity (Wildman–Crippen MR) is 124 cm³/mol. The van der Waals surface area contributed by atoms with E-state index >= 15 is 0 Å². The molecule has 0 aliphatic heterocycles. The van der Waals surface area contributed by atoms with E-state index in [4.69, 9.17) is 0 Å². The van der Waals surface area contributed by atoms with E-state index < -0.39 is 0 Å². The van der Waals surface area contributed by atoms with Gasteiger partial charge in [0.1, 0.15) is 17.5 Å². The molecule has 0 atom stereocenters. The van der Waals surface area contributed by atoms with E-state index in [2.05, 4.69) is 78.9 Å². The van der Waals surface area contributed by atoms with Gasteiger partial charge >= 0.3 is 0 Å². The van der Waals surface area contributed by atoms with Gasteiger partial charge in [0.05, 0.1) is 6.20 Å². The number of H-pyrrole nitrogens is 1. The van der Waals surface area contributed by atoms with Crippen molar-refractivity contribution >= 4 is 11.5 Å². The molecule has 0 aliphatic rings. The lowest BCUT2D eigenvalue weighted by atomic mass is 9.98. The smallest absolute Gasteiger partial charge is 0.205 e. The van der Waals surface area contributed by atoms with Crippen LogP contribution >= 0.6 is 0 Å². The Morgan fingerprint density at radius 1 is 1.09 bits per heavy atom.